The van der Waals surface area contributed by atoms with Crippen LogP contribution in [0.3, 0.4) is 0 Å². The average molecular weight is 375 g/mol. The molecule has 0 amide bonds. The quantitative estimate of drug-likeness (QED) is 0.335. The summed E-state index contributed by atoms with van der Waals surface area (Å²) in [5, 5.41) is 2.58. The molecule has 7 heteroatoms. The van der Waals surface area contributed by atoms with Gasteiger partial charge in [-0.25, -0.2) is 9.79 Å². The topological polar surface area (TPSA) is 55.7 Å². The van der Waals surface area contributed by atoms with E-state index in [4.69, 9.17) is 4.74 Å². The number of hydrogen-bond donors (Lipinski definition) is 0. The zero-order chi connectivity index (χ0) is 16.9. The molecule has 0 aromatic carbocycles. The van der Waals surface area contributed by atoms with Crippen molar-refractivity contribution in [2.75, 3.05) is 6.61 Å². The van der Waals surface area contributed by atoms with Crippen LogP contribution in [0.25, 0.3) is 9.75 Å². The Bertz CT molecular complexity index is 875. The van der Waals surface area contributed by atoms with Gasteiger partial charge in [-0.1, -0.05) is 6.07 Å². The normalized spacial score (nSPS) is 11.0. The van der Waals surface area contributed by atoms with Gasteiger partial charge in [0.1, 0.15) is 5.00 Å². The molecule has 0 aliphatic heterocycles. The van der Waals surface area contributed by atoms with Crippen LogP contribution in [0, 0.1) is 0 Å². The predicted octanol–water partition coefficient (Wildman–Crippen LogP) is 5.28. The summed E-state index contributed by atoms with van der Waals surface area (Å²) in [5.41, 5.74) is 0.450. The standard InChI is InChI=1S/C17H13NO3S3/c1-2-21-17(20)13-8-15(14-6-5-12(10-19)23-14)24-16(13)18-9-11-4-3-7-22-11/h3-10H,2H2,1H3/b18-9+. The first-order valence-corrected chi connectivity index (χ1v) is 9.66. The molecule has 0 bridgehead atoms. The first-order chi connectivity index (χ1) is 11.7. The summed E-state index contributed by atoms with van der Waals surface area (Å²) in [6.45, 7) is 2.09. The number of carbonyl (C=O) groups is 2. The fraction of sp³-hybridized carbons (Fsp3) is 0.118. The van der Waals surface area contributed by atoms with E-state index in [1.165, 1.54) is 22.7 Å². The lowest BCUT2D eigenvalue weighted by molar-refractivity contribution is 0.0528. The smallest absolute Gasteiger partial charge is 0.341 e. The van der Waals surface area contributed by atoms with Gasteiger partial charge < -0.3 is 4.74 Å². The van der Waals surface area contributed by atoms with Crippen LogP contribution < -0.4 is 0 Å². The van der Waals surface area contributed by atoms with Crippen molar-refractivity contribution in [1.29, 1.82) is 0 Å². The van der Waals surface area contributed by atoms with Crippen molar-refractivity contribution in [3.05, 3.63) is 51.0 Å². The van der Waals surface area contributed by atoms with Gasteiger partial charge in [0.05, 0.1) is 17.0 Å². The Labute approximate surface area is 151 Å². The summed E-state index contributed by atoms with van der Waals surface area (Å²) in [6.07, 6.45) is 2.57. The highest BCUT2D eigenvalue weighted by Crippen LogP contribution is 2.40. The van der Waals surface area contributed by atoms with Crippen molar-refractivity contribution in [2.24, 2.45) is 4.99 Å². The molecule has 0 fully saturated rings. The van der Waals surface area contributed by atoms with Crippen LogP contribution in [0.4, 0.5) is 5.00 Å². The Morgan fingerprint density at radius 2 is 2.08 bits per heavy atom. The third-order valence-corrected chi connectivity index (χ3v) is 6.10. The third kappa shape index (κ3) is 3.69. The number of esters is 1. The SMILES string of the molecule is CCOC(=O)c1cc(-c2ccc(C=O)s2)sc1/N=C/c1cccs1. The van der Waals surface area contributed by atoms with Crippen molar-refractivity contribution in [3.63, 3.8) is 0 Å². The molecular weight excluding hydrogens is 362 g/mol. The van der Waals surface area contributed by atoms with E-state index in [1.54, 1.807) is 36.6 Å². The molecule has 0 saturated carbocycles. The van der Waals surface area contributed by atoms with Gasteiger partial charge in [0.25, 0.3) is 0 Å². The zero-order valence-electron chi connectivity index (χ0n) is 12.7. The molecule has 0 atom stereocenters. The van der Waals surface area contributed by atoms with Crippen LogP contribution in [-0.4, -0.2) is 25.1 Å². The van der Waals surface area contributed by atoms with Crippen molar-refractivity contribution in [2.45, 2.75) is 6.92 Å². The molecule has 0 saturated heterocycles. The number of thiophene rings is 3. The lowest BCUT2D eigenvalue weighted by Gasteiger charge is -1.99. The zero-order valence-corrected chi connectivity index (χ0v) is 15.2. The van der Waals surface area contributed by atoms with Crippen LogP contribution in [-0.2, 0) is 4.74 Å². The summed E-state index contributed by atoms with van der Waals surface area (Å²) in [5.74, 6) is -0.384. The second-order valence-electron chi connectivity index (χ2n) is 4.64. The molecule has 0 unspecified atom stereocenters. The number of rotatable bonds is 6. The van der Waals surface area contributed by atoms with Gasteiger partial charge in [-0.3, -0.25) is 4.79 Å². The van der Waals surface area contributed by atoms with E-state index in [0.29, 0.717) is 22.0 Å². The molecule has 3 rings (SSSR count). The van der Waals surface area contributed by atoms with Crippen molar-refractivity contribution in [3.8, 4) is 9.75 Å². The molecule has 3 heterocycles. The Balaban J connectivity index is 1.98. The van der Waals surface area contributed by atoms with E-state index < -0.39 is 0 Å². The summed E-state index contributed by atoms with van der Waals surface area (Å²) >= 11 is 4.38. The second-order valence-corrected chi connectivity index (χ2v) is 7.77. The summed E-state index contributed by atoms with van der Waals surface area (Å²) in [7, 11) is 0. The highest BCUT2D eigenvalue weighted by atomic mass is 32.1. The fourth-order valence-electron chi connectivity index (χ4n) is 1.99. The highest BCUT2D eigenvalue weighted by molar-refractivity contribution is 7.24. The fourth-order valence-corrected chi connectivity index (χ4v) is 4.47. The van der Waals surface area contributed by atoms with Crippen molar-refractivity contribution in [1.82, 2.24) is 0 Å². The second kappa shape index (κ2) is 7.65. The summed E-state index contributed by atoms with van der Waals surface area (Å²) < 4.78 is 5.12. The van der Waals surface area contributed by atoms with Crippen molar-refractivity contribution < 1.29 is 14.3 Å². The maximum atomic E-state index is 12.2. The first-order valence-electron chi connectivity index (χ1n) is 7.15. The Morgan fingerprint density at radius 3 is 2.75 bits per heavy atom. The number of nitrogens with zero attached hydrogens (tertiary/aromatic N) is 1. The third-order valence-electron chi connectivity index (χ3n) is 3.05. The van der Waals surface area contributed by atoms with Crippen LogP contribution in [0.5, 0.6) is 0 Å². The highest BCUT2D eigenvalue weighted by Gasteiger charge is 2.18. The number of aliphatic imine (C=N–C) groups is 1. The monoisotopic (exact) mass is 375 g/mol. The lowest BCUT2D eigenvalue weighted by Crippen LogP contribution is -2.03. The van der Waals surface area contributed by atoms with E-state index in [-0.39, 0.29) is 5.97 Å². The van der Waals surface area contributed by atoms with E-state index in [0.717, 1.165) is 20.9 Å². The minimum absolute atomic E-state index is 0.312. The van der Waals surface area contributed by atoms with Gasteiger partial charge >= 0.3 is 5.97 Å². The number of ether oxygens (including phenoxy) is 1. The maximum Gasteiger partial charge on any atom is 0.341 e. The molecular formula is C17H13NO3S3. The lowest BCUT2D eigenvalue weighted by atomic mass is 10.2. The summed E-state index contributed by atoms with van der Waals surface area (Å²) in [4.78, 5) is 31.0. The van der Waals surface area contributed by atoms with Crippen LogP contribution in [0.2, 0.25) is 0 Å². The van der Waals surface area contributed by atoms with E-state index in [9.17, 15) is 9.59 Å². The van der Waals surface area contributed by atoms with Crippen LogP contribution >= 0.6 is 34.0 Å². The van der Waals surface area contributed by atoms with E-state index in [1.807, 2.05) is 23.6 Å². The Kier molecular flexibility index (Phi) is 5.34. The minimum Gasteiger partial charge on any atom is -0.462 e. The maximum absolute atomic E-state index is 12.2. The molecule has 0 N–H and O–H groups in total. The van der Waals surface area contributed by atoms with E-state index >= 15 is 0 Å². The Hall–Kier alpha value is -2.09. The minimum atomic E-state index is -0.384. The molecule has 4 nitrogen and oxygen atoms in total. The van der Waals surface area contributed by atoms with Gasteiger partial charge in [-0.15, -0.1) is 34.0 Å². The van der Waals surface area contributed by atoms with Crippen LogP contribution in [0.1, 0.15) is 31.8 Å². The number of carbonyl (C=O) groups excluding carboxylic acids is 2. The predicted molar refractivity (Wildman–Crippen MR) is 101 cm³/mol. The molecule has 3 aromatic rings. The molecule has 24 heavy (non-hydrogen) atoms. The van der Waals surface area contributed by atoms with Gasteiger partial charge in [0.15, 0.2) is 6.29 Å². The molecule has 0 aliphatic carbocycles. The van der Waals surface area contributed by atoms with E-state index in [2.05, 4.69) is 4.99 Å². The first kappa shape index (κ1) is 16.8. The van der Waals surface area contributed by atoms with Crippen molar-refractivity contribution >= 4 is 57.5 Å². The van der Waals surface area contributed by atoms with Gasteiger partial charge in [-0.05, 0) is 36.6 Å². The average Bonchev–Trinajstić information content (AvgIpc) is 3.32. The van der Waals surface area contributed by atoms with Gasteiger partial charge in [0, 0.05) is 20.8 Å². The Morgan fingerprint density at radius 1 is 1.21 bits per heavy atom. The molecule has 0 aliphatic rings. The molecule has 0 radical (unpaired) electrons. The van der Waals surface area contributed by atoms with Crippen LogP contribution in [0.15, 0.2) is 40.7 Å². The molecule has 3 aromatic heterocycles. The van der Waals surface area contributed by atoms with Gasteiger partial charge in [-0.2, -0.15) is 0 Å². The molecule has 122 valence electrons. The summed E-state index contributed by atoms with van der Waals surface area (Å²) in [6, 6.07) is 9.34. The number of hydrogen-bond acceptors (Lipinski definition) is 7. The number of aldehydes is 1. The largest absolute Gasteiger partial charge is 0.462 e. The van der Waals surface area contributed by atoms with Gasteiger partial charge in [0.2, 0.25) is 0 Å². The molecule has 0 spiro atoms.